The van der Waals surface area contributed by atoms with Crippen molar-refractivity contribution in [2.75, 3.05) is 98.4 Å². The van der Waals surface area contributed by atoms with Crippen molar-refractivity contribution in [1.29, 1.82) is 0 Å². The lowest BCUT2D eigenvalue weighted by molar-refractivity contribution is -0.120. The van der Waals surface area contributed by atoms with Crippen LogP contribution in [0.15, 0.2) is 146 Å². The van der Waals surface area contributed by atoms with Gasteiger partial charge in [0.05, 0.1) is 16.7 Å². The van der Waals surface area contributed by atoms with Crippen molar-refractivity contribution < 1.29 is 33.8 Å². The molecule has 0 fully saturated rings. The number of ether oxygens (including phenoxy) is 1. The summed E-state index contributed by atoms with van der Waals surface area (Å²) in [6.45, 7) is 13.1. The molecule has 3 aromatic heterocycles. The third-order valence-electron chi connectivity index (χ3n) is 9.33. The fraction of sp³-hybridized carbons (Fsp3) is 0.484. The number of hydrogen-bond acceptors (Lipinski definition) is 21. The van der Waals surface area contributed by atoms with E-state index in [2.05, 4.69) is 116 Å². The first-order chi connectivity index (χ1) is 42.3. The van der Waals surface area contributed by atoms with Gasteiger partial charge < -0.3 is 54.0 Å². The predicted molar refractivity (Wildman–Crippen MR) is 392 cm³/mol. The van der Waals surface area contributed by atoms with E-state index in [1.807, 2.05) is 20.8 Å². The summed E-state index contributed by atoms with van der Waals surface area (Å²) in [5, 5.41) is 19.7. The summed E-state index contributed by atoms with van der Waals surface area (Å²) < 4.78 is 5.08. The molecule has 0 bridgehead atoms. The number of rotatable bonds is 41. The molecule has 0 spiro atoms. The molecule has 3 aromatic rings. The number of nitrogens with zero attached hydrogens (tertiary/aromatic N) is 3. The van der Waals surface area contributed by atoms with Gasteiger partial charge in [-0.1, -0.05) is 174 Å². The van der Waals surface area contributed by atoms with E-state index in [0.717, 1.165) is 104 Å². The second-order valence-electron chi connectivity index (χ2n) is 18.0. The zero-order valence-electron chi connectivity index (χ0n) is 51.1. The summed E-state index contributed by atoms with van der Waals surface area (Å²) in [5.74, 6) is 6.33. The van der Waals surface area contributed by atoms with Gasteiger partial charge in [-0.3, -0.25) is 29.3 Å². The van der Waals surface area contributed by atoms with E-state index < -0.39 is 11.6 Å². The maximum Gasteiger partial charge on any atom is 0.407 e. The first kappa shape index (κ1) is 87.9. The van der Waals surface area contributed by atoms with Gasteiger partial charge in [-0.05, 0) is 102 Å². The number of aromatic carboxylic acids is 1. The quantitative estimate of drug-likeness (QED) is 0.0145. The molecule has 3 rings (SSSR count). The molecule has 0 aliphatic carbocycles. The first-order valence-corrected chi connectivity index (χ1v) is 38.6. The highest BCUT2D eigenvalue weighted by Crippen LogP contribution is 2.21. The van der Waals surface area contributed by atoms with Crippen LogP contribution in [0.4, 0.5) is 4.79 Å². The largest absolute Gasteiger partial charge is 0.478 e. The molecule has 13 N–H and O–H groups in total. The number of aromatic nitrogens is 3. The van der Waals surface area contributed by atoms with Gasteiger partial charge in [-0.25, -0.2) is 9.59 Å². The van der Waals surface area contributed by atoms with Gasteiger partial charge in [0.25, 0.3) is 11.8 Å². The van der Waals surface area contributed by atoms with Crippen molar-refractivity contribution in [3.63, 3.8) is 0 Å². The van der Waals surface area contributed by atoms with E-state index in [1.54, 1.807) is 141 Å². The van der Waals surface area contributed by atoms with Crippen LogP contribution in [0, 0.1) is 0 Å². The predicted octanol–water partition coefficient (Wildman–Crippen LogP) is 12.5. The minimum absolute atomic E-state index is 0. The van der Waals surface area contributed by atoms with Gasteiger partial charge in [-0.15, -0.1) is 0 Å². The summed E-state index contributed by atoms with van der Waals surface area (Å²) in [7, 11) is 13.8. The molecule has 0 atom stereocenters. The van der Waals surface area contributed by atoms with Crippen LogP contribution in [0.25, 0.3) is 0 Å². The first-order valence-electron chi connectivity index (χ1n) is 28.7. The Kier molecular flexibility index (Phi) is 68.5. The van der Waals surface area contributed by atoms with E-state index in [1.165, 1.54) is 18.5 Å². The number of pyridine rings is 3. The van der Waals surface area contributed by atoms with Crippen molar-refractivity contribution >= 4 is 116 Å². The van der Waals surface area contributed by atoms with Crippen LogP contribution in [0.3, 0.4) is 0 Å². The summed E-state index contributed by atoms with van der Waals surface area (Å²) in [4.78, 5) is 68.2. The fourth-order valence-electron chi connectivity index (χ4n) is 5.45. The Bertz CT molecular complexity index is 2300. The highest BCUT2D eigenvalue weighted by Gasteiger charge is 2.15. The van der Waals surface area contributed by atoms with Gasteiger partial charge >= 0.3 is 12.1 Å². The monoisotopic (exact) mass is 1370 g/mol. The third-order valence-corrected chi connectivity index (χ3v) is 19.1. The SMILES string of the molecule is C.CC(C)(C)OC(=O)NCCSSCCN.CC/C=C\C/C=C\C/C=C\C/C=C\C/C=C\C/C=C\CCC(=O)NCCSSCCNC(=O)c1cccnc1.NCCSSCCN.NCCSSCCNC(=O)c1cccnc1.O=C(O)c1cccnc1. The molecule has 88 heavy (non-hydrogen) atoms. The lowest BCUT2D eigenvalue weighted by Gasteiger charge is -2.19. The van der Waals surface area contributed by atoms with E-state index in [9.17, 15) is 24.0 Å². The second-order valence-corrected chi connectivity index (χ2v) is 28.8. The summed E-state index contributed by atoms with van der Waals surface area (Å²) in [6, 6.07) is 10.1. The van der Waals surface area contributed by atoms with Crippen LogP contribution in [0.1, 0.15) is 118 Å². The maximum atomic E-state index is 11.9. The molecule has 18 nitrogen and oxygen atoms in total. The lowest BCUT2D eigenvalue weighted by atomic mass is 10.2. The van der Waals surface area contributed by atoms with Crippen molar-refractivity contribution in [3.8, 4) is 0 Å². The Morgan fingerprint density at radius 3 is 1.10 bits per heavy atom. The standard InChI is InChI=1S/C32H45N3O2S2.C10H15N3OS2.C9H20N2O2S2.C6H5NO2.C4H12N2S2.CH4/c1-2-3-4-5-6-7-8-9-10-11-12-13-14-15-16-17-18-19-20-23-31(36)34-25-27-38-39-28-26-35-32(37)30-22-21-24-33-29-30;11-3-6-15-16-7-5-13-10(14)9-2-1-4-12-8-9;1-9(2,3)13-8(12)11-5-7-15-14-6-4-10;8-6(9)5-2-1-3-7-4-5;5-1-3-7-8-4-2-6;/h3-4,6-7,9-10,12-13,15-16,18-19,21-22,24,29H,2,5,8,11,14,17,20,23,25-28H2,1H3,(H,34,36)(H,35,37);1-2,4,8H,3,5-7,11H2,(H,13,14);4-7,10H2,1-3H3,(H,11,12);1-4H,(H,8,9);1-6H2;1H4/b4-3-,7-6-,10-9-,13-12-,16-15-,19-18-;;;;;. The molecule has 0 radical (unpaired) electrons. The number of carboxylic acids is 1. The zero-order chi connectivity index (χ0) is 64.4. The molecule has 4 amide bonds. The molecule has 0 aliphatic rings. The summed E-state index contributed by atoms with van der Waals surface area (Å²) in [5.41, 5.74) is 22.1. The molecule has 0 aliphatic heterocycles. The molecular weight excluding hydrogens is 1270 g/mol. The minimum atomic E-state index is -0.942. The number of nitrogens with one attached hydrogen (secondary N) is 4. The van der Waals surface area contributed by atoms with Crippen molar-refractivity contribution in [2.45, 2.75) is 92.1 Å². The lowest BCUT2D eigenvalue weighted by Crippen LogP contribution is -2.33. The van der Waals surface area contributed by atoms with Gasteiger partial charge in [0, 0.05) is 142 Å². The number of carbonyl (C=O) groups excluding carboxylic acids is 4. The highest BCUT2D eigenvalue weighted by molar-refractivity contribution is 8.77. The molecule has 0 aromatic carbocycles. The van der Waals surface area contributed by atoms with Gasteiger partial charge in [-0.2, -0.15) is 0 Å². The normalized spacial score (nSPS) is 11.0. The maximum absolute atomic E-state index is 11.9. The zero-order valence-corrected chi connectivity index (χ0v) is 57.7. The second kappa shape index (κ2) is 68.6. The van der Waals surface area contributed by atoms with Crippen LogP contribution >= 0.6 is 86.4 Å². The number of amides is 4. The van der Waals surface area contributed by atoms with Crippen molar-refractivity contribution in [2.24, 2.45) is 22.9 Å². The molecule has 26 heteroatoms. The molecule has 0 unspecified atom stereocenters. The molecule has 3 heterocycles. The number of carbonyl (C=O) groups is 5. The Balaban J connectivity index is -0.00000120. The fourth-order valence-corrected chi connectivity index (χ4v) is 12.5. The van der Waals surface area contributed by atoms with E-state index in [-0.39, 0.29) is 36.8 Å². The Morgan fingerprint density at radius 1 is 0.477 bits per heavy atom. The molecule has 0 saturated carbocycles. The van der Waals surface area contributed by atoms with Crippen LogP contribution in [0.5, 0.6) is 0 Å². The Morgan fingerprint density at radius 2 is 0.795 bits per heavy atom. The minimum Gasteiger partial charge on any atom is -0.478 e. The van der Waals surface area contributed by atoms with Crippen molar-refractivity contribution in [1.82, 2.24) is 36.2 Å². The van der Waals surface area contributed by atoms with Crippen LogP contribution in [-0.2, 0) is 9.53 Å². The number of nitrogens with two attached hydrogens (primary N) is 4. The molecule has 494 valence electrons. The van der Waals surface area contributed by atoms with Gasteiger partial charge in [0.1, 0.15) is 5.60 Å². The van der Waals surface area contributed by atoms with Crippen molar-refractivity contribution in [3.05, 3.63) is 163 Å². The van der Waals surface area contributed by atoms with Crippen LogP contribution < -0.4 is 44.2 Å². The average Bonchev–Trinajstić information content (AvgIpc) is 3.74. The molecule has 0 saturated heterocycles. The Labute approximate surface area is 558 Å². The topological polar surface area (TPSA) is 306 Å². The smallest absolute Gasteiger partial charge is 0.407 e. The molecular formula is C62H101N11O7S8. The van der Waals surface area contributed by atoms with Gasteiger partial charge in [0.2, 0.25) is 5.91 Å². The Hall–Kier alpha value is -4.32. The number of allylic oxidation sites excluding steroid dienone is 12. The third kappa shape index (κ3) is 66.1. The van der Waals surface area contributed by atoms with Crippen LogP contribution in [0.2, 0.25) is 0 Å². The van der Waals surface area contributed by atoms with E-state index >= 15 is 0 Å². The number of hydrogen-bond donors (Lipinski definition) is 9. The summed E-state index contributed by atoms with van der Waals surface area (Å²) in [6.07, 6.45) is 42.3. The van der Waals surface area contributed by atoms with E-state index in [0.29, 0.717) is 56.8 Å². The highest BCUT2D eigenvalue weighted by atomic mass is 33.1. The number of carboxylic acid groups (broad SMARTS) is 1. The number of alkyl carbamates (subject to hydrolysis) is 1. The van der Waals surface area contributed by atoms with E-state index in [4.69, 9.17) is 32.8 Å². The average molecular weight is 1370 g/mol. The summed E-state index contributed by atoms with van der Waals surface area (Å²) >= 11 is 0. The van der Waals surface area contributed by atoms with Crippen LogP contribution in [-0.4, -0.2) is 154 Å². The van der Waals surface area contributed by atoms with Gasteiger partial charge in [0.15, 0.2) is 0 Å².